The van der Waals surface area contributed by atoms with Gasteiger partial charge in [0.15, 0.2) is 0 Å². The summed E-state index contributed by atoms with van der Waals surface area (Å²) in [5, 5.41) is 0. The first kappa shape index (κ1) is 9.13. The second-order valence-electron chi connectivity index (χ2n) is 5.03. The van der Waals surface area contributed by atoms with Crippen molar-refractivity contribution in [1.82, 2.24) is 9.80 Å². The van der Waals surface area contributed by atoms with Gasteiger partial charge >= 0.3 is 0 Å². The Bertz CT molecular complexity index is 213. The van der Waals surface area contributed by atoms with Crippen molar-refractivity contribution >= 4 is 0 Å². The first-order valence-corrected chi connectivity index (χ1v) is 5.92. The predicted octanol–water partition coefficient (Wildman–Crippen LogP) is 0.554. The van der Waals surface area contributed by atoms with E-state index in [1.54, 1.807) is 0 Å². The van der Waals surface area contributed by atoms with Crippen LogP contribution in [0.25, 0.3) is 0 Å². The van der Waals surface area contributed by atoms with Crippen molar-refractivity contribution in [2.24, 2.45) is 0 Å². The molecule has 3 fully saturated rings. The summed E-state index contributed by atoms with van der Waals surface area (Å²) in [6, 6.07) is 1.67. The van der Waals surface area contributed by atoms with Crippen LogP contribution in [0.5, 0.6) is 0 Å². The molecule has 3 heteroatoms. The van der Waals surface area contributed by atoms with Gasteiger partial charge in [-0.2, -0.15) is 0 Å². The zero-order valence-corrected chi connectivity index (χ0v) is 8.98. The van der Waals surface area contributed by atoms with Crippen LogP contribution in [0.2, 0.25) is 0 Å². The lowest BCUT2D eigenvalue weighted by Crippen LogP contribution is -2.53. The van der Waals surface area contributed by atoms with Gasteiger partial charge in [0, 0.05) is 38.3 Å². The Balaban J connectivity index is 1.51. The van der Waals surface area contributed by atoms with Gasteiger partial charge in [0.2, 0.25) is 0 Å². The van der Waals surface area contributed by atoms with E-state index in [1.807, 2.05) is 0 Å². The quantitative estimate of drug-likeness (QED) is 0.615. The van der Waals surface area contributed by atoms with E-state index in [1.165, 1.54) is 39.0 Å². The van der Waals surface area contributed by atoms with E-state index in [-0.39, 0.29) is 0 Å². The van der Waals surface area contributed by atoms with Gasteiger partial charge in [-0.3, -0.25) is 9.80 Å². The van der Waals surface area contributed by atoms with Crippen LogP contribution in [0.3, 0.4) is 0 Å². The minimum Gasteiger partial charge on any atom is -0.372 e. The summed E-state index contributed by atoms with van der Waals surface area (Å²) in [5.74, 6) is 0. The molecule has 0 amide bonds. The smallest absolute Gasteiger partial charge is 0.0936 e. The van der Waals surface area contributed by atoms with E-state index >= 15 is 0 Å². The van der Waals surface area contributed by atoms with Gasteiger partial charge in [0.1, 0.15) is 0 Å². The summed E-state index contributed by atoms with van der Waals surface area (Å²) in [5.41, 5.74) is 0. The van der Waals surface area contributed by atoms with E-state index in [0.29, 0.717) is 6.10 Å². The molecule has 14 heavy (non-hydrogen) atoms. The van der Waals surface area contributed by atoms with E-state index in [0.717, 1.165) is 18.7 Å². The predicted molar refractivity (Wildman–Crippen MR) is 55.4 cm³/mol. The molecule has 0 aromatic heterocycles. The molecule has 2 aliphatic heterocycles. The largest absolute Gasteiger partial charge is 0.372 e. The summed E-state index contributed by atoms with van der Waals surface area (Å²) in [6.07, 6.45) is 3.45. The minimum absolute atomic E-state index is 0.560. The highest BCUT2D eigenvalue weighted by Gasteiger charge is 2.35. The Morgan fingerprint density at radius 3 is 2.64 bits per heavy atom. The topological polar surface area (TPSA) is 19.0 Å². The van der Waals surface area contributed by atoms with Crippen LogP contribution in [-0.2, 0) is 4.74 Å². The first-order valence-electron chi connectivity index (χ1n) is 5.92. The van der Waals surface area contributed by atoms with Crippen molar-refractivity contribution in [2.75, 3.05) is 32.8 Å². The van der Waals surface area contributed by atoms with Crippen molar-refractivity contribution in [3.05, 3.63) is 0 Å². The molecular formula is C11H20N2O. The van der Waals surface area contributed by atoms with Crippen molar-refractivity contribution in [3.63, 3.8) is 0 Å². The maximum absolute atomic E-state index is 5.29. The Kier molecular flexibility index (Phi) is 2.26. The van der Waals surface area contributed by atoms with Gasteiger partial charge in [0.05, 0.1) is 12.7 Å². The Morgan fingerprint density at radius 1 is 1.29 bits per heavy atom. The molecule has 0 radical (unpaired) electrons. The highest BCUT2D eigenvalue weighted by atomic mass is 16.6. The molecule has 3 nitrogen and oxygen atoms in total. The van der Waals surface area contributed by atoms with E-state index in [9.17, 15) is 0 Å². The third-order valence-electron chi connectivity index (χ3n) is 3.70. The number of epoxide rings is 1. The molecule has 0 N–H and O–H groups in total. The molecule has 2 atom stereocenters. The fourth-order valence-corrected chi connectivity index (χ4v) is 2.50. The molecule has 0 aromatic rings. The molecule has 2 heterocycles. The number of piperazine rings is 1. The summed E-state index contributed by atoms with van der Waals surface area (Å²) in [7, 11) is 0. The van der Waals surface area contributed by atoms with Gasteiger partial charge in [-0.05, 0) is 19.8 Å². The van der Waals surface area contributed by atoms with Crippen LogP contribution < -0.4 is 0 Å². The molecule has 3 aliphatic rings. The van der Waals surface area contributed by atoms with Gasteiger partial charge in [0.25, 0.3) is 0 Å². The maximum Gasteiger partial charge on any atom is 0.0936 e. The standard InChI is InChI=1S/C11H20N2O/c1-9-6-13(10-2-3-10)5-4-12(9)7-11-8-14-11/h9-11H,2-8H2,1H3. The molecule has 80 valence electrons. The maximum atomic E-state index is 5.29. The average molecular weight is 196 g/mol. The minimum atomic E-state index is 0.560. The van der Waals surface area contributed by atoms with Crippen LogP contribution in [0.1, 0.15) is 19.8 Å². The Morgan fingerprint density at radius 2 is 2.07 bits per heavy atom. The van der Waals surface area contributed by atoms with Crippen molar-refractivity contribution in [3.8, 4) is 0 Å². The summed E-state index contributed by atoms with van der Waals surface area (Å²) in [6.45, 7) is 8.32. The molecule has 0 bridgehead atoms. The Labute approximate surface area is 86.0 Å². The number of rotatable bonds is 3. The van der Waals surface area contributed by atoms with Crippen LogP contribution in [0, 0.1) is 0 Å². The van der Waals surface area contributed by atoms with Crippen molar-refractivity contribution < 1.29 is 4.74 Å². The van der Waals surface area contributed by atoms with Gasteiger partial charge < -0.3 is 4.74 Å². The van der Waals surface area contributed by atoms with E-state index in [2.05, 4.69) is 16.7 Å². The third-order valence-corrected chi connectivity index (χ3v) is 3.70. The van der Waals surface area contributed by atoms with Gasteiger partial charge in [-0.1, -0.05) is 0 Å². The van der Waals surface area contributed by atoms with E-state index in [4.69, 9.17) is 4.74 Å². The SMILES string of the molecule is CC1CN(C2CC2)CCN1CC1CO1. The van der Waals surface area contributed by atoms with E-state index < -0.39 is 0 Å². The molecule has 3 rings (SSSR count). The van der Waals surface area contributed by atoms with Gasteiger partial charge in [-0.15, -0.1) is 0 Å². The molecule has 1 saturated carbocycles. The summed E-state index contributed by atoms with van der Waals surface area (Å²) >= 11 is 0. The van der Waals surface area contributed by atoms with Crippen LogP contribution >= 0.6 is 0 Å². The lowest BCUT2D eigenvalue weighted by Gasteiger charge is -2.39. The Hall–Kier alpha value is -0.120. The normalized spacial score (nSPS) is 40.1. The summed E-state index contributed by atoms with van der Waals surface area (Å²) < 4.78 is 5.29. The van der Waals surface area contributed by atoms with Crippen LogP contribution in [-0.4, -0.2) is 60.8 Å². The third kappa shape index (κ3) is 1.95. The first-order chi connectivity index (χ1) is 6.83. The monoisotopic (exact) mass is 196 g/mol. The average Bonchev–Trinajstić information content (AvgIpc) is 3.02. The molecule has 1 aliphatic carbocycles. The number of hydrogen-bond donors (Lipinski definition) is 0. The second kappa shape index (κ2) is 3.47. The van der Waals surface area contributed by atoms with Gasteiger partial charge in [-0.25, -0.2) is 0 Å². The number of ether oxygens (including phenoxy) is 1. The zero-order valence-electron chi connectivity index (χ0n) is 8.98. The highest BCUT2D eigenvalue weighted by molar-refractivity contribution is 4.91. The lowest BCUT2D eigenvalue weighted by molar-refractivity contribution is 0.0730. The fourth-order valence-electron chi connectivity index (χ4n) is 2.50. The molecule has 0 aromatic carbocycles. The molecule has 2 unspecified atom stereocenters. The lowest BCUT2D eigenvalue weighted by atomic mass is 10.2. The molecule has 2 saturated heterocycles. The second-order valence-corrected chi connectivity index (χ2v) is 5.03. The molecule has 0 spiro atoms. The van der Waals surface area contributed by atoms with Crippen molar-refractivity contribution in [1.29, 1.82) is 0 Å². The number of hydrogen-bond acceptors (Lipinski definition) is 3. The van der Waals surface area contributed by atoms with Crippen LogP contribution in [0.4, 0.5) is 0 Å². The number of nitrogens with zero attached hydrogens (tertiary/aromatic N) is 2. The fraction of sp³-hybridized carbons (Fsp3) is 1.00. The van der Waals surface area contributed by atoms with Crippen LogP contribution in [0.15, 0.2) is 0 Å². The summed E-state index contributed by atoms with van der Waals surface area (Å²) in [4.78, 5) is 5.27. The zero-order chi connectivity index (χ0) is 9.54. The molecular weight excluding hydrogens is 176 g/mol. The highest BCUT2D eigenvalue weighted by Crippen LogP contribution is 2.29. The van der Waals surface area contributed by atoms with Crippen molar-refractivity contribution in [2.45, 2.75) is 38.0 Å².